The van der Waals surface area contributed by atoms with Crippen molar-refractivity contribution in [2.24, 2.45) is 5.14 Å². The van der Waals surface area contributed by atoms with Gasteiger partial charge in [0.2, 0.25) is 5.91 Å². The molecule has 3 aromatic carbocycles. The standard InChI is InChI=1S/C21H15BrClF3N2O3S/c22-20-17(31-16-3-1-2-14(23)9-16)10-15(11-18(20)32(27)30)28-19(29)8-12-4-6-13(7-5-12)21(24,25)26/h1-7,9-11H,8,27H2,(H,28,29). The Labute approximate surface area is 198 Å². The van der Waals surface area contributed by atoms with E-state index in [1.165, 1.54) is 24.3 Å². The summed E-state index contributed by atoms with van der Waals surface area (Å²) in [6, 6.07) is 13.8. The zero-order valence-corrected chi connectivity index (χ0v) is 19.2. The zero-order chi connectivity index (χ0) is 23.5. The normalized spacial score (nSPS) is 12.3. The molecule has 0 spiro atoms. The third-order valence-corrected chi connectivity index (χ3v) is 6.25. The lowest BCUT2D eigenvalue weighted by atomic mass is 10.1. The first-order valence-corrected chi connectivity index (χ1v) is 11.3. The molecule has 0 saturated heterocycles. The monoisotopic (exact) mass is 546 g/mol. The molecular formula is C21H15BrClF3N2O3S. The van der Waals surface area contributed by atoms with Gasteiger partial charge in [-0.25, -0.2) is 0 Å². The highest BCUT2D eigenvalue weighted by molar-refractivity contribution is 9.10. The van der Waals surface area contributed by atoms with Gasteiger partial charge in [0.05, 0.1) is 23.3 Å². The summed E-state index contributed by atoms with van der Waals surface area (Å²) in [6.45, 7) is 0. The number of carbonyl (C=O) groups excluding carboxylic acids is 1. The molecule has 3 aromatic rings. The van der Waals surface area contributed by atoms with Crippen LogP contribution in [-0.4, -0.2) is 10.5 Å². The number of rotatable bonds is 6. The number of nitrogens with one attached hydrogen (secondary N) is 1. The second-order valence-electron chi connectivity index (χ2n) is 6.56. The van der Waals surface area contributed by atoms with Gasteiger partial charge in [0, 0.05) is 22.8 Å². The molecule has 0 radical (unpaired) electrons. The van der Waals surface area contributed by atoms with Gasteiger partial charge in [-0.3, -0.25) is 4.79 Å². The van der Waals surface area contributed by atoms with Crippen LogP contribution in [0, 0.1) is 0 Å². The average molecular weight is 548 g/mol. The average Bonchev–Trinajstić information content (AvgIpc) is 2.69. The molecule has 1 atom stereocenters. The molecule has 0 bridgehead atoms. The van der Waals surface area contributed by atoms with Crippen molar-refractivity contribution >= 4 is 50.5 Å². The van der Waals surface area contributed by atoms with Crippen molar-refractivity contribution in [2.75, 3.05) is 5.32 Å². The highest BCUT2D eigenvalue weighted by atomic mass is 79.9. The van der Waals surface area contributed by atoms with E-state index in [1.807, 2.05) is 0 Å². The molecule has 5 nitrogen and oxygen atoms in total. The number of ether oxygens (including phenoxy) is 1. The molecule has 1 amide bonds. The lowest BCUT2D eigenvalue weighted by molar-refractivity contribution is -0.137. The lowest BCUT2D eigenvalue weighted by Gasteiger charge is -2.14. The highest BCUT2D eigenvalue weighted by Gasteiger charge is 2.30. The first-order valence-electron chi connectivity index (χ1n) is 8.92. The molecule has 0 fully saturated rings. The van der Waals surface area contributed by atoms with Gasteiger partial charge in [0.15, 0.2) is 4.90 Å². The van der Waals surface area contributed by atoms with Crippen molar-refractivity contribution in [3.05, 3.63) is 81.3 Å². The molecule has 0 aliphatic carbocycles. The van der Waals surface area contributed by atoms with Crippen LogP contribution in [0.4, 0.5) is 18.9 Å². The Hall–Kier alpha value is -2.24. The molecule has 3 N–H and O–H groups in total. The van der Waals surface area contributed by atoms with Gasteiger partial charge in [-0.1, -0.05) is 29.8 Å². The van der Waals surface area contributed by atoms with Crippen LogP contribution in [0.1, 0.15) is 11.1 Å². The van der Waals surface area contributed by atoms with Crippen molar-refractivity contribution in [2.45, 2.75) is 17.5 Å². The van der Waals surface area contributed by atoms with Crippen LogP contribution in [0.25, 0.3) is 0 Å². The third-order valence-electron chi connectivity index (χ3n) is 4.18. The van der Waals surface area contributed by atoms with E-state index >= 15 is 0 Å². The predicted octanol–water partition coefficient (Wildman–Crippen LogP) is 6.08. The Morgan fingerprint density at radius 2 is 1.84 bits per heavy atom. The van der Waals surface area contributed by atoms with E-state index in [0.29, 0.717) is 20.8 Å². The fourth-order valence-electron chi connectivity index (χ4n) is 2.72. The second kappa shape index (κ2) is 10.1. The van der Waals surface area contributed by atoms with E-state index in [-0.39, 0.29) is 22.8 Å². The van der Waals surface area contributed by atoms with Gasteiger partial charge in [-0.2, -0.15) is 13.2 Å². The number of carbonyl (C=O) groups is 1. The largest absolute Gasteiger partial charge is 0.593 e. The molecule has 1 unspecified atom stereocenters. The minimum Gasteiger partial charge on any atom is -0.593 e. The first-order chi connectivity index (χ1) is 15.0. The summed E-state index contributed by atoms with van der Waals surface area (Å²) in [5, 5.41) is 8.60. The summed E-state index contributed by atoms with van der Waals surface area (Å²) in [7, 11) is 0. The van der Waals surface area contributed by atoms with Crippen LogP contribution in [-0.2, 0) is 28.8 Å². The van der Waals surface area contributed by atoms with Gasteiger partial charge in [-0.15, -0.1) is 5.14 Å². The topological polar surface area (TPSA) is 87.4 Å². The molecular weight excluding hydrogens is 533 g/mol. The SMILES string of the molecule is N[S+]([O-])c1cc(NC(=O)Cc2ccc(C(F)(F)F)cc2)cc(Oc2cccc(Cl)c2)c1Br. The summed E-state index contributed by atoms with van der Waals surface area (Å²) in [6.07, 6.45) is -4.62. The molecule has 0 heterocycles. The van der Waals surface area contributed by atoms with Crippen LogP contribution >= 0.6 is 27.5 Å². The van der Waals surface area contributed by atoms with Crippen molar-refractivity contribution in [3.63, 3.8) is 0 Å². The van der Waals surface area contributed by atoms with Crippen LogP contribution in [0.3, 0.4) is 0 Å². The van der Waals surface area contributed by atoms with Crippen molar-refractivity contribution in [1.82, 2.24) is 0 Å². The number of hydrogen-bond donors (Lipinski definition) is 2. The minimum atomic E-state index is -4.45. The van der Waals surface area contributed by atoms with Crippen LogP contribution in [0.5, 0.6) is 11.5 Å². The Balaban J connectivity index is 1.80. The fourth-order valence-corrected chi connectivity index (χ4v) is 4.21. The van der Waals surface area contributed by atoms with E-state index in [9.17, 15) is 22.5 Å². The van der Waals surface area contributed by atoms with Crippen LogP contribution in [0.2, 0.25) is 5.02 Å². The number of hydrogen-bond acceptors (Lipinski definition) is 4. The summed E-state index contributed by atoms with van der Waals surface area (Å²) >= 11 is 7.37. The van der Waals surface area contributed by atoms with E-state index in [2.05, 4.69) is 21.2 Å². The summed E-state index contributed by atoms with van der Waals surface area (Å²) in [4.78, 5) is 12.6. The first kappa shape index (κ1) is 24.4. The molecule has 0 saturated carbocycles. The number of benzene rings is 3. The molecule has 11 heteroatoms. The van der Waals surface area contributed by atoms with Gasteiger partial charge in [-0.05, 0) is 51.8 Å². The zero-order valence-electron chi connectivity index (χ0n) is 16.1. The number of amides is 1. The Bertz CT molecular complexity index is 1130. The maximum Gasteiger partial charge on any atom is 0.416 e. The summed E-state index contributed by atoms with van der Waals surface area (Å²) in [5.41, 5.74) is -0.158. The summed E-state index contributed by atoms with van der Waals surface area (Å²) < 4.78 is 56.1. The van der Waals surface area contributed by atoms with Gasteiger partial charge in [0.25, 0.3) is 0 Å². The Morgan fingerprint density at radius 1 is 1.16 bits per heavy atom. The summed E-state index contributed by atoms with van der Waals surface area (Å²) in [5.74, 6) is 0.142. The van der Waals surface area contributed by atoms with Crippen molar-refractivity contribution in [3.8, 4) is 11.5 Å². The highest BCUT2D eigenvalue weighted by Crippen LogP contribution is 2.38. The van der Waals surface area contributed by atoms with Gasteiger partial charge >= 0.3 is 6.18 Å². The second-order valence-corrected chi connectivity index (χ2v) is 8.83. The molecule has 32 heavy (non-hydrogen) atoms. The number of nitrogens with two attached hydrogens (primary N) is 1. The van der Waals surface area contributed by atoms with Crippen LogP contribution in [0.15, 0.2) is 70.0 Å². The maximum atomic E-state index is 12.7. The van der Waals surface area contributed by atoms with E-state index in [4.69, 9.17) is 21.5 Å². The maximum absolute atomic E-state index is 12.7. The fraction of sp³-hybridized carbons (Fsp3) is 0.0952. The van der Waals surface area contributed by atoms with E-state index in [1.54, 1.807) is 24.3 Å². The molecule has 0 aliphatic heterocycles. The van der Waals surface area contributed by atoms with Crippen molar-refractivity contribution < 1.29 is 27.3 Å². The minimum absolute atomic E-state index is 0.167. The Kier molecular flexibility index (Phi) is 7.73. The number of halogens is 5. The van der Waals surface area contributed by atoms with E-state index in [0.717, 1.165) is 12.1 Å². The molecule has 3 rings (SSSR count). The molecule has 0 aliphatic rings. The predicted molar refractivity (Wildman–Crippen MR) is 120 cm³/mol. The lowest BCUT2D eigenvalue weighted by Crippen LogP contribution is -2.17. The van der Waals surface area contributed by atoms with Crippen LogP contribution < -0.4 is 15.2 Å². The third kappa shape index (κ3) is 6.39. The smallest absolute Gasteiger partial charge is 0.416 e. The molecule has 0 aromatic heterocycles. The van der Waals surface area contributed by atoms with Gasteiger partial charge in [0.1, 0.15) is 16.0 Å². The number of anilines is 1. The van der Waals surface area contributed by atoms with Gasteiger partial charge < -0.3 is 14.6 Å². The van der Waals surface area contributed by atoms with Crippen molar-refractivity contribution in [1.29, 1.82) is 0 Å². The molecule has 168 valence electrons. The number of alkyl halides is 3. The quantitative estimate of drug-likeness (QED) is 0.366. The van der Waals surface area contributed by atoms with E-state index < -0.39 is 29.0 Å². The Morgan fingerprint density at radius 3 is 2.44 bits per heavy atom.